The van der Waals surface area contributed by atoms with Gasteiger partial charge < -0.3 is 20.1 Å². The van der Waals surface area contributed by atoms with Crippen LogP contribution in [0.5, 0.6) is 5.75 Å². The van der Waals surface area contributed by atoms with Crippen LogP contribution >= 0.6 is 11.3 Å². The summed E-state index contributed by atoms with van der Waals surface area (Å²) >= 11 is 1.51. The van der Waals surface area contributed by atoms with E-state index in [-0.39, 0.29) is 24.5 Å². The third-order valence-corrected chi connectivity index (χ3v) is 6.97. The van der Waals surface area contributed by atoms with Crippen LogP contribution in [0.2, 0.25) is 0 Å². The molecule has 2 amide bonds. The molecule has 6 nitrogen and oxygen atoms in total. The normalized spacial score (nSPS) is 17.6. The summed E-state index contributed by atoms with van der Waals surface area (Å²) in [6, 6.07) is 5.76. The number of hydrogen-bond acceptors (Lipinski definition) is 5. The van der Waals surface area contributed by atoms with Crippen molar-refractivity contribution >= 4 is 28.2 Å². The van der Waals surface area contributed by atoms with Gasteiger partial charge in [0.2, 0.25) is 0 Å². The Morgan fingerprint density at radius 2 is 2.07 bits per heavy atom. The van der Waals surface area contributed by atoms with Gasteiger partial charge >= 0.3 is 0 Å². The Morgan fingerprint density at radius 1 is 1.20 bits per heavy atom. The number of hydrogen-bond donors (Lipinski definition) is 2. The second kappa shape index (κ2) is 9.18. The summed E-state index contributed by atoms with van der Waals surface area (Å²) in [5.74, 6) is 0.271. The first kappa shape index (κ1) is 20.9. The van der Waals surface area contributed by atoms with Crippen LogP contribution in [0.15, 0.2) is 18.2 Å². The lowest BCUT2D eigenvalue weighted by Crippen LogP contribution is -2.32. The summed E-state index contributed by atoms with van der Waals surface area (Å²) in [5, 5.41) is 6.53. The Balaban J connectivity index is 1.41. The van der Waals surface area contributed by atoms with Crippen molar-refractivity contribution in [2.45, 2.75) is 52.1 Å². The molecule has 1 unspecified atom stereocenters. The maximum atomic E-state index is 12.9. The lowest BCUT2D eigenvalue weighted by Gasteiger charge is -2.13. The van der Waals surface area contributed by atoms with Crippen molar-refractivity contribution in [2.75, 3.05) is 25.1 Å². The monoisotopic (exact) mass is 428 g/mol. The zero-order chi connectivity index (χ0) is 21.1. The molecule has 1 aliphatic heterocycles. The van der Waals surface area contributed by atoms with Gasteiger partial charge in [0.05, 0.1) is 11.7 Å². The number of amides is 2. The van der Waals surface area contributed by atoms with Crippen molar-refractivity contribution in [3.63, 3.8) is 0 Å². The standard InChI is InChI=1S/C23H28N2O4S/c1-14-8-9-16(11-15(14)2)29-13-20(26)25-23-21(18-6-3-7-19(18)30-23)22(27)24-12-17-5-4-10-28-17/h8-9,11,17H,3-7,10,12-13H2,1-2H3,(H,24,27)(H,25,26). The van der Waals surface area contributed by atoms with Crippen LogP contribution in [0.3, 0.4) is 0 Å². The summed E-state index contributed by atoms with van der Waals surface area (Å²) in [7, 11) is 0. The molecule has 1 aliphatic carbocycles. The maximum Gasteiger partial charge on any atom is 0.262 e. The van der Waals surface area contributed by atoms with E-state index in [0.717, 1.165) is 49.8 Å². The molecule has 4 rings (SSSR count). The topological polar surface area (TPSA) is 76.7 Å². The first-order valence-corrected chi connectivity index (χ1v) is 11.4. The van der Waals surface area contributed by atoms with Gasteiger partial charge in [-0.1, -0.05) is 6.07 Å². The Kier molecular flexibility index (Phi) is 6.39. The lowest BCUT2D eigenvalue weighted by molar-refractivity contribution is -0.118. The molecule has 30 heavy (non-hydrogen) atoms. The van der Waals surface area contributed by atoms with Crippen LogP contribution in [0.25, 0.3) is 0 Å². The van der Waals surface area contributed by atoms with Gasteiger partial charge in [0.25, 0.3) is 11.8 Å². The predicted octanol–water partition coefficient (Wildman–Crippen LogP) is 3.78. The predicted molar refractivity (Wildman–Crippen MR) is 118 cm³/mol. The summed E-state index contributed by atoms with van der Waals surface area (Å²) < 4.78 is 11.2. The summed E-state index contributed by atoms with van der Waals surface area (Å²) in [4.78, 5) is 26.7. The number of nitrogens with one attached hydrogen (secondary N) is 2. The Bertz CT molecular complexity index is 947. The van der Waals surface area contributed by atoms with Crippen molar-refractivity contribution in [3.05, 3.63) is 45.3 Å². The van der Waals surface area contributed by atoms with Gasteiger partial charge in [0.15, 0.2) is 6.61 Å². The van der Waals surface area contributed by atoms with E-state index in [1.807, 2.05) is 32.0 Å². The van der Waals surface area contributed by atoms with E-state index in [1.165, 1.54) is 21.8 Å². The number of ether oxygens (including phenoxy) is 2. The molecule has 0 bridgehead atoms. The van der Waals surface area contributed by atoms with E-state index in [1.54, 1.807) is 0 Å². The Labute approximate surface area is 181 Å². The molecule has 1 aromatic heterocycles. The molecule has 1 saturated heterocycles. The number of benzene rings is 1. The molecule has 1 aromatic carbocycles. The average Bonchev–Trinajstić information content (AvgIpc) is 3.44. The van der Waals surface area contributed by atoms with E-state index >= 15 is 0 Å². The number of rotatable bonds is 7. The fourth-order valence-corrected chi connectivity index (χ4v) is 5.25. The highest BCUT2D eigenvalue weighted by Crippen LogP contribution is 2.39. The summed E-state index contributed by atoms with van der Waals surface area (Å²) in [5.41, 5.74) is 3.99. The first-order valence-electron chi connectivity index (χ1n) is 10.6. The first-order chi connectivity index (χ1) is 14.5. The minimum Gasteiger partial charge on any atom is -0.484 e. The molecule has 2 aliphatic rings. The molecule has 1 fully saturated rings. The average molecular weight is 429 g/mol. The maximum absolute atomic E-state index is 12.9. The zero-order valence-corrected chi connectivity index (χ0v) is 18.3. The highest BCUT2D eigenvalue weighted by molar-refractivity contribution is 7.17. The van der Waals surface area contributed by atoms with E-state index < -0.39 is 0 Å². The Hall–Kier alpha value is -2.38. The minimum absolute atomic E-state index is 0.0880. The SMILES string of the molecule is Cc1ccc(OCC(=O)Nc2sc3c(c2C(=O)NCC2CCCO2)CCC3)cc1C. The quantitative estimate of drug-likeness (QED) is 0.704. The molecular weight excluding hydrogens is 400 g/mol. The van der Waals surface area contributed by atoms with Crippen molar-refractivity contribution in [2.24, 2.45) is 0 Å². The Morgan fingerprint density at radius 3 is 2.83 bits per heavy atom. The number of carbonyl (C=O) groups is 2. The van der Waals surface area contributed by atoms with Gasteiger partial charge in [0.1, 0.15) is 10.8 Å². The van der Waals surface area contributed by atoms with Gasteiger partial charge in [0, 0.05) is 18.0 Å². The van der Waals surface area contributed by atoms with Gasteiger partial charge in [-0.05, 0) is 74.8 Å². The van der Waals surface area contributed by atoms with Gasteiger partial charge in [-0.15, -0.1) is 11.3 Å². The lowest BCUT2D eigenvalue weighted by atomic mass is 10.1. The van der Waals surface area contributed by atoms with Crippen LogP contribution in [0.1, 0.15) is 51.2 Å². The van der Waals surface area contributed by atoms with Gasteiger partial charge in [-0.25, -0.2) is 0 Å². The number of aryl methyl sites for hydroxylation is 3. The molecule has 160 valence electrons. The fourth-order valence-electron chi connectivity index (χ4n) is 3.95. The summed E-state index contributed by atoms with van der Waals surface area (Å²) in [6.45, 7) is 5.22. The number of carbonyl (C=O) groups excluding carboxylic acids is 2. The van der Waals surface area contributed by atoms with Crippen molar-refractivity contribution in [1.29, 1.82) is 0 Å². The molecule has 0 saturated carbocycles. The number of fused-ring (bicyclic) bond motifs is 1. The molecule has 7 heteroatoms. The smallest absolute Gasteiger partial charge is 0.262 e. The van der Waals surface area contributed by atoms with Crippen LogP contribution in [-0.4, -0.2) is 37.7 Å². The third kappa shape index (κ3) is 4.68. The summed E-state index contributed by atoms with van der Waals surface area (Å²) in [6.07, 6.45) is 4.99. The highest BCUT2D eigenvalue weighted by Gasteiger charge is 2.28. The van der Waals surface area contributed by atoms with Crippen LogP contribution < -0.4 is 15.4 Å². The van der Waals surface area contributed by atoms with Crippen LogP contribution in [-0.2, 0) is 22.4 Å². The second-order valence-corrected chi connectivity index (χ2v) is 9.09. The molecule has 0 spiro atoms. The highest BCUT2D eigenvalue weighted by atomic mass is 32.1. The van der Waals surface area contributed by atoms with E-state index in [9.17, 15) is 9.59 Å². The van der Waals surface area contributed by atoms with Crippen molar-refractivity contribution < 1.29 is 19.1 Å². The third-order valence-electron chi connectivity index (χ3n) is 5.76. The van der Waals surface area contributed by atoms with Gasteiger partial charge in [-0.2, -0.15) is 0 Å². The molecule has 1 atom stereocenters. The minimum atomic E-state index is -0.263. The van der Waals surface area contributed by atoms with Gasteiger partial charge in [-0.3, -0.25) is 9.59 Å². The molecule has 2 N–H and O–H groups in total. The largest absolute Gasteiger partial charge is 0.484 e. The van der Waals surface area contributed by atoms with Crippen molar-refractivity contribution in [3.8, 4) is 5.75 Å². The molecule has 2 aromatic rings. The molecule has 2 heterocycles. The van der Waals surface area contributed by atoms with E-state index in [2.05, 4.69) is 10.6 Å². The fraction of sp³-hybridized carbons (Fsp3) is 0.478. The molecular formula is C23H28N2O4S. The van der Waals surface area contributed by atoms with Crippen molar-refractivity contribution in [1.82, 2.24) is 5.32 Å². The zero-order valence-electron chi connectivity index (χ0n) is 17.5. The van der Waals surface area contributed by atoms with E-state index in [4.69, 9.17) is 9.47 Å². The number of anilines is 1. The molecule has 0 radical (unpaired) electrons. The van der Waals surface area contributed by atoms with Crippen LogP contribution in [0, 0.1) is 13.8 Å². The number of thiophene rings is 1. The van der Waals surface area contributed by atoms with Crippen LogP contribution in [0.4, 0.5) is 5.00 Å². The second-order valence-electron chi connectivity index (χ2n) is 7.99. The van der Waals surface area contributed by atoms with E-state index in [0.29, 0.717) is 22.9 Å².